The summed E-state index contributed by atoms with van der Waals surface area (Å²) in [6.07, 6.45) is 3.61. The van der Waals surface area contributed by atoms with Crippen molar-refractivity contribution in [3.63, 3.8) is 0 Å². The molecule has 3 rings (SSSR count). The summed E-state index contributed by atoms with van der Waals surface area (Å²) in [6, 6.07) is 10.1. The van der Waals surface area contributed by atoms with Crippen LogP contribution in [0.2, 0.25) is 23.2 Å². The van der Waals surface area contributed by atoms with Crippen LogP contribution in [0.3, 0.4) is 0 Å². The summed E-state index contributed by atoms with van der Waals surface area (Å²) in [5, 5.41) is 16.2. The lowest BCUT2D eigenvalue weighted by atomic mass is 10.2. The molecule has 2 amide bonds. The molecule has 38 heavy (non-hydrogen) atoms. The number of hydrogen-bond acceptors (Lipinski definition) is 8. The van der Waals surface area contributed by atoms with Crippen molar-refractivity contribution >= 4 is 60.3 Å². The fourth-order valence-corrected chi connectivity index (χ4v) is 5.08. The molecule has 12 heteroatoms. The molecule has 2 N–H and O–H groups in total. The van der Waals surface area contributed by atoms with Gasteiger partial charge in [0.25, 0.3) is 11.8 Å². The van der Waals surface area contributed by atoms with E-state index < -0.39 is 20.1 Å². The Labute approximate surface area is 233 Å². The molecule has 0 spiro atoms. The van der Waals surface area contributed by atoms with Gasteiger partial charge in [0.15, 0.2) is 20.2 Å². The van der Waals surface area contributed by atoms with Gasteiger partial charge in [0, 0.05) is 11.9 Å². The number of rotatable bonds is 9. The van der Waals surface area contributed by atoms with Crippen LogP contribution < -0.4 is 15.5 Å². The summed E-state index contributed by atoms with van der Waals surface area (Å²) in [5.74, 6) is -0.698. The molecule has 1 aromatic carbocycles. The molecule has 9 nitrogen and oxygen atoms in total. The van der Waals surface area contributed by atoms with E-state index in [9.17, 15) is 14.9 Å². The second kappa shape index (κ2) is 12.0. The predicted molar refractivity (Wildman–Crippen MR) is 155 cm³/mol. The fraction of sp³-hybridized carbons (Fsp3) is 0.346. The van der Waals surface area contributed by atoms with E-state index in [4.69, 9.17) is 16.0 Å². The number of nitrogens with one attached hydrogen (secondary N) is 2. The molecular formula is C26H31ClN6O3SSi. The van der Waals surface area contributed by atoms with E-state index in [2.05, 4.69) is 60.7 Å². The van der Waals surface area contributed by atoms with Crippen molar-refractivity contribution in [2.45, 2.75) is 45.8 Å². The van der Waals surface area contributed by atoms with Gasteiger partial charge in [-0.15, -0.1) is 11.3 Å². The van der Waals surface area contributed by atoms with Crippen LogP contribution in [-0.2, 0) is 4.43 Å². The zero-order valence-electron chi connectivity index (χ0n) is 22.3. The Kier molecular flexibility index (Phi) is 9.27. The SMILES string of the molecule is Cc1nc(C(=O)Nc2ccc(N(C#N)CCO[Si](C)(C)C(C)(C)C)cc2)c(C(=O)Nc2ccc(Cl)cn2)s1. The van der Waals surface area contributed by atoms with E-state index in [1.165, 1.54) is 6.20 Å². The minimum absolute atomic E-state index is 0.0180. The standard InChI is InChI=1S/C26H31ClN6O3SSi/c1-17-30-22(23(37-17)25(35)32-21-12-7-18(27)15-29-21)24(34)31-19-8-10-20(11-9-19)33(16-28)13-14-36-38(5,6)26(2,3)4/h7-12,15H,13-14H2,1-6H3,(H,31,34)(H,29,32,35). The van der Waals surface area contributed by atoms with Gasteiger partial charge in [-0.25, -0.2) is 9.97 Å². The van der Waals surface area contributed by atoms with Crippen molar-refractivity contribution in [3.05, 3.63) is 63.2 Å². The number of hydrogen-bond donors (Lipinski definition) is 2. The third kappa shape index (κ3) is 7.38. The topological polar surface area (TPSA) is 120 Å². The van der Waals surface area contributed by atoms with Gasteiger partial charge in [-0.05, 0) is 61.5 Å². The van der Waals surface area contributed by atoms with E-state index in [0.717, 1.165) is 11.3 Å². The molecule has 0 atom stereocenters. The molecule has 0 saturated carbocycles. The Morgan fingerprint density at radius 2 is 1.82 bits per heavy atom. The molecule has 0 radical (unpaired) electrons. The summed E-state index contributed by atoms with van der Waals surface area (Å²) < 4.78 is 6.19. The molecule has 2 aromatic heterocycles. The van der Waals surface area contributed by atoms with Gasteiger partial charge in [0.05, 0.1) is 28.9 Å². The van der Waals surface area contributed by atoms with Gasteiger partial charge in [-0.1, -0.05) is 32.4 Å². The largest absolute Gasteiger partial charge is 0.415 e. The number of anilines is 3. The lowest BCUT2D eigenvalue weighted by molar-refractivity contribution is 0.0990. The Morgan fingerprint density at radius 3 is 2.39 bits per heavy atom. The van der Waals surface area contributed by atoms with Crippen molar-refractivity contribution in [3.8, 4) is 6.19 Å². The van der Waals surface area contributed by atoms with Gasteiger partial charge in [0.2, 0.25) is 0 Å². The average molecular weight is 571 g/mol. The highest BCUT2D eigenvalue weighted by Gasteiger charge is 2.37. The normalized spacial score (nSPS) is 11.5. The number of nitriles is 1. The van der Waals surface area contributed by atoms with E-state index in [-0.39, 0.29) is 15.6 Å². The Balaban J connectivity index is 1.65. The third-order valence-corrected chi connectivity index (χ3v) is 12.0. The summed E-state index contributed by atoms with van der Waals surface area (Å²) in [7, 11) is -1.91. The summed E-state index contributed by atoms with van der Waals surface area (Å²) in [5.41, 5.74) is 1.21. The van der Waals surface area contributed by atoms with Crippen molar-refractivity contribution < 1.29 is 14.0 Å². The van der Waals surface area contributed by atoms with Gasteiger partial charge in [-0.2, -0.15) is 5.26 Å². The van der Waals surface area contributed by atoms with Crippen molar-refractivity contribution in [1.82, 2.24) is 9.97 Å². The highest BCUT2D eigenvalue weighted by atomic mass is 35.5. The van der Waals surface area contributed by atoms with E-state index >= 15 is 0 Å². The molecule has 0 aliphatic rings. The molecule has 3 aromatic rings. The smallest absolute Gasteiger partial charge is 0.275 e. The maximum absolute atomic E-state index is 13.0. The zero-order valence-corrected chi connectivity index (χ0v) is 24.8. The summed E-state index contributed by atoms with van der Waals surface area (Å²) in [4.78, 5) is 35.8. The number of benzene rings is 1. The monoisotopic (exact) mass is 570 g/mol. The highest BCUT2D eigenvalue weighted by Crippen LogP contribution is 2.36. The first-order valence-electron chi connectivity index (χ1n) is 11.9. The van der Waals surface area contributed by atoms with Crippen LogP contribution in [0.15, 0.2) is 42.6 Å². The first-order valence-corrected chi connectivity index (χ1v) is 16.0. The molecular weight excluding hydrogens is 540 g/mol. The summed E-state index contributed by atoms with van der Waals surface area (Å²) in [6.45, 7) is 13.5. The van der Waals surface area contributed by atoms with E-state index in [0.29, 0.717) is 40.4 Å². The molecule has 0 saturated heterocycles. The van der Waals surface area contributed by atoms with Crippen LogP contribution in [0.4, 0.5) is 17.2 Å². The molecule has 0 aliphatic heterocycles. The molecule has 2 heterocycles. The number of amides is 2. The number of pyridine rings is 1. The van der Waals surface area contributed by atoms with Crippen LogP contribution in [0, 0.1) is 18.4 Å². The number of carbonyl (C=O) groups excluding carboxylic acids is 2. The molecule has 200 valence electrons. The van der Waals surface area contributed by atoms with Gasteiger partial charge in [-0.3, -0.25) is 14.5 Å². The number of aryl methyl sites for hydroxylation is 1. The molecule has 0 unspecified atom stereocenters. The number of nitrogens with zero attached hydrogens (tertiary/aromatic N) is 4. The number of thiazole rings is 1. The van der Waals surface area contributed by atoms with Crippen LogP contribution in [0.25, 0.3) is 0 Å². The van der Waals surface area contributed by atoms with Gasteiger partial charge in [0.1, 0.15) is 10.7 Å². The highest BCUT2D eigenvalue weighted by molar-refractivity contribution is 7.14. The first-order chi connectivity index (χ1) is 17.8. The Hall–Kier alpha value is -3.30. The van der Waals surface area contributed by atoms with Crippen LogP contribution in [0.1, 0.15) is 45.9 Å². The van der Waals surface area contributed by atoms with Gasteiger partial charge < -0.3 is 15.1 Å². The first kappa shape index (κ1) is 29.3. The second-order valence-corrected chi connectivity index (χ2v) is 16.5. The fourth-order valence-electron chi connectivity index (χ4n) is 3.12. The van der Waals surface area contributed by atoms with E-state index in [1.807, 2.05) is 0 Å². The molecule has 0 fully saturated rings. The van der Waals surface area contributed by atoms with Crippen LogP contribution in [0.5, 0.6) is 0 Å². The Morgan fingerprint density at radius 1 is 1.13 bits per heavy atom. The van der Waals surface area contributed by atoms with Crippen molar-refractivity contribution in [2.75, 3.05) is 28.7 Å². The Bertz CT molecular complexity index is 1330. The molecule has 0 bridgehead atoms. The predicted octanol–water partition coefficient (Wildman–Crippen LogP) is 6.31. The minimum Gasteiger partial charge on any atom is -0.415 e. The summed E-state index contributed by atoms with van der Waals surface area (Å²) >= 11 is 6.96. The third-order valence-electron chi connectivity index (χ3n) is 6.27. The van der Waals surface area contributed by atoms with Crippen molar-refractivity contribution in [2.24, 2.45) is 0 Å². The minimum atomic E-state index is -1.91. The van der Waals surface area contributed by atoms with E-state index in [1.54, 1.807) is 48.2 Å². The maximum atomic E-state index is 13.0. The average Bonchev–Trinajstić information content (AvgIpc) is 3.25. The lowest BCUT2D eigenvalue weighted by Gasteiger charge is -2.36. The quantitative estimate of drug-likeness (QED) is 0.175. The number of aromatic nitrogens is 2. The van der Waals surface area contributed by atoms with Crippen molar-refractivity contribution in [1.29, 1.82) is 5.26 Å². The number of carbonyl (C=O) groups is 2. The van der Waals surface area contributed by atoms with Crippen LogP contribution in [-0.4, -0.2) is 43.3 Å². The lowest BCUT2D eigenvalue weighted by Crippen LogP contribution is -2.42. The maximum Gasteiger partial charge on any atom is 0.275 e. The van der Waals surface area contributed by atoms with Gasteiger partial charge >= 0.3 is 0 Å². The zero-order chi connectivity index (χ0) is 28.1. The number of halogens is 1. The molecule has 0 aliphatic carbocycles. The second-order valence-electron chi connectivity index (χ2n) is 10.1. The van der Waals surface area contributed by atoms with Crippen LogP contribution >= 0.6 is 22.9 Å².